The first-order valence-electron chi connectivity index (χ1n) is 7.36. The van der Waals surface area contributed by atoms with Gasteiger partial charge in [-0.1, -0.05) is 44.2 Å². The highest BCUT2D eigenvalue weighted by molar-refractivity contribution is 5.20. The third-order valence-electron chi connectivity index (χ3n) is 3.52. The monoisotopic (exact) mass is 263 g/mol. The second-order valence-electron chi connectivity index (χ2n) is 5.08. The van der Waals surface area contributed by atoms with Crippen LogP contribution in [0.25, 0.3) is 0 Å². The van der Waals surface area contributed by atoms with Crippen molar-refractivity contribution in [1.29, 1.82) is 0 Å². The van der Waals surface area contributed by atoms with Crippen molar-refractivity contribution in [2.24, 2.45) is 0 Å². The number of hydrogen-bond donors (Lipinski definition) is 1. The van der Waals surface area contributed by atoms with Gasteiger partial charge in [0.05, 0.1) is 25.4 Å². The number of hydrogen-bond acceptors (Lipinski definition) is 3. The van der Waals surface area contributed by atoms with Gasteiger partial charge in [-0.25, -0.2) is 0 Å². The van der Waals surface area contributed by atoms with Crippen LogP contribution in [-0.4, -0.2) is 32.0 Å². The summed E-state index contributed by atoms with van der Waals surface area (Å²) in [6.07, 6.45) is 2.63. The Bertz CT molecular complexity index is 351. The van der Waals surface area contributed by atoms with E-state index in [1.807, 2.05) is 0 Å². The summed E-state index contributed by atoms with van der Waals surface area (Å²) in [6, 6.07) is 10.9. The van der Waals surface area contributed by atoms with E-state index >= 15 is 0 Å². The molecule has 1 N–H and O–H groups in total. The molecule has 2 unspecified atom stereocenters. The minimum absolute atomic E-state index is 0.211. The van der Waals surface area contributed by atoms with Gasteiger partial charge >= 0.3 is 0 Å². The lowest BCUT2D eigenvalue weighted by Gasteiger charge is -2.35. The van der Waals surface area contributed by atoms with Crippen LogP contribution in [0.15, 0.2) is 30.3 Å². The highest BCUT2D eigenvalue weighted by Gasteiger charge is 2.28. The molecule has 0 aromatic heterocycles. The molecule has 1 aromatic rings. The molecule has 1 aliphatic heterocycles. The van der Waals surface area contributed by atoms with Gasteiger partial charge < -0.3 is 14.8 Å². The molecule has 2 atom stereocenters. The van der Waals surface area contributed by atoms with E-state index < -0.39 is 0 Å². The first-order chi connectivity index (χ1) is 9.35. The van der Waals surface area contributed by atoms with Crippen molar-refractivity contribution >= 4 is 0 Å². The normalized spacial score (nSPS) is 18.8. The summed E-state index contributed by atoms with van der Waals surface area (Å²) in [7, 11) is 0. The molecule has 1 aromatic carbocycles. The van der Waals surface area contributed by atoms with E-state index in [4.69, 9.17) is 9.47 Å². The van der Waals surface area contributed by atoms with Gasteiger partial charge in [0, 0.05) is 0 Å². The number of ether oxygens (including phenoxy) is 2. The minimum Gasteiger partial charge on any atom is -0.376 e. The zero-order valence-electron chi connectivity index (χ0n) is 12.0. The van der Waals surface area contributed by atoms with Crippen LogP contribution in [0.1, 0.15) is 38.3 Å². The first-order valence-corrected chi connectivity index (χ1v) is 7.36. The fourth-order valence-corrected chi connectivity index (χ4v) is 2.37. The molecule has 0 saturated carbocycles. The van der Waals surface area contributed by atoms with Gasteiger partial charge in [0.2, 0.25) is 0 Å². The van der Waals surface area contributed by atoms with Crippen molar-refractivity contribution in [3.8, 4) is 0 Å². The maximum atomic E-state index is 6.16. The second kappa shape index (κ2) is 7.63. The van der Waals surface area contributed by atoms with Crippen LogP contribution >= 0.6 is 0 Å². The second-order valence-corrected chi connectivity index (χ2v) is 5.08. The Kier molecular flexibility index (Phi) is 5.83. The molecule has 3 heteroatoms. The molecule has 0 spiro atoms. The third kappa shape index (κ3) is 4.03. The van der Waals surface area contributed by atoms with Crippen LogP contribution in [0.2, 0.25) is 0 Å². The van der Waals surface area contributed by atoms with Crippen molar-refractivity contribution in [2.75, 3.05) is 19.8 Å². The zero-order chi connectivity index (χ0) is 13.5. The summed E-state index contributed by atoms with van der Waals surface area (Å²) in [6.45, 7) is 6.88. The van der Waals surface area contributed by atoms with Gasteiger partial charge in [-0.2, -0.15) is 0 Å². The predicted octanol–water partition coefficient (Wildman–Crippen LogP) is 2.92. The Hall–Kier alpha value is -0.900. The molecule has 1 heterocycles. The lowest BCUT2D eigenvalue weighted by atomic mass is 9.99. The van der Waals surface area contributed by atoms with E-state index in [1.54, 1.807) is 0 Å². The Labute approximate surface area is 116 Å². The molecule has 0 amide bonds. The number of nitrogens with one attached hydrogen (secondary N) is 1. The van der Waals surface area contributed by atoms with Crippen LogP contribution in [0.4, 0.5) is 0 Å². The number of benzene rings is 1. The van der Waals surface area contributed by atoms with Crippen LogP contribution < -0.4 is 5.32 Å². The molecule has 0 bridgehead atoms. The summed E-state index contributed by atoms with van der Waals surface area (Å²) < 4.78 is 11.4. The molecule has 106 valence electrons. The van der Waals surface area contributed by atoms with Gasteiger partial charge in [-0.15, -0.1) is 0 Å². The standard InChI is InChI=1S/C16H25NO2/c1-3-10-17-16(13-8-6-5-7-9-13)15(4-2)19-14-11-18-12-14/h5-9,14-17H,3-4,10-12H2,1-2H3. The Morgan fingerprint density at radius 1 is 1.26 bits per heavy atom. The Morgan fingerprint density at radius 2 is 2.00 bits per heavy atom. The highest BCUT2D eigenvalue weighted by atomic mass is 16.6. The van der Waals surface area contributed by atoms with Crippen LogP contribution in [-0.2, 0) is 9.47 Å². The van der Waals surface area contributed by atoms with Crippen molar-refractivity contribution in [3.05, 3.63) is 35.9 Å². The minimum atomic E-state index is 0.211. The topological polar surface area (TPSA) is 30.5 Å². The van der Waals surface area contributed by atoms with Crippen molar-refractivity contribution < 1.29 is 9.47 Å². The third-order valence-corrected chi connectivity index (χ3v) is 3.52. The molecular formula is C16H25NO2. The maximum Gasteiger partial charge on any atom is 0.105 e. The van der Waals surface area contributed by atoms with Crippen LogP contribution in [0.3, 0.4) is 0 Å². The lowest BCUT2D eigenvalue weighted by Crippen LogP contribution is -2.43. The molecule has 0 radical (unpaired) electrons. The fourth-order valence-electron chi connectivity index (χ4n) is 2.37. The number of rotatable bonds is 8. The summed E-state index contributed by atoms with van der Waals surface area (Å²) >= 11 is 0. The smallest absolute Gasteiger partial charge is 0.105 e. The van der Waals surface area contributed by atoms with Gasteiger partial charge in [-0.05, 0) is 24.9 Å². The summed E-state index contributed by atoms with van der Waals surface area (Å²) in [5, 5.41) is 3.62. The molecule has 0 aliphatic carbocycles. The molecule has 2 rings (SSSR count). The van der Waals surface area contributed by atoms with Crippen LogP contribution in [0.5, 0.6) is 0 Å². The van der Waals surface area contributed by atoms with E-state index in [-0.39, 0.29) is 18.2 Å². The zero-order valence-corrected chi connectivity index (χ0v) is 12.0. The Balaban J connectivity index is 2.05. The summed E-state index contributed by atoms with van der Waals surface area (Å²) in [5.74, 6) is 0. The largest absolute Gasteiger partial charge is 0.376 e. The van der Waals surface area contributed by atoms with Crippen molar-refractivity contribution in [3.63, 3.8) is 0 Å². The SMILES string of the molecule is CCCNC(c1ccccc1)C(CC)OC1COC1. The van der Waals surface area contributed by atoms with Gasteiger partial charge in [0.1, 0.15) is 6.10 Å². The summed E-state index contributed by atoms with van der Waals surface area (Å²) in [5.41, 5.74) is 1.31. The van der Waals surface area contributed by atoms with Gasteiger partial charge in [0.25, 0.3) is 0 Å². The fraction of sp³-hybridized carbons (Fsp3) is 0.625. The molecule has 3 nitrogen and oxygen atoms in total. The maximum absolute atomic E-state index is 6.16. The molecule has 1 aliphatic rings. The van der Waals surface area contributed by atoms with Crippen molar-refractivity contribution in [1.82, 2.24) is 5.32 Å². The highest BCUT2D eigenvalue weighted by Crippen LogP contribution is 2.24. The summed E-state index contributed by atoms with van der Waals surface area (Å²) in [4.78, 5) is 0. The van der Waals surface area contributed by atoms with Gasteiger partial charge in [-0.3, -0.25) is 0 Å². The van der Waals surface area contributed by atoms with Crippen LogP contribution in [0, 0.1) is 0 Å². The van der Waals surface area contributed by atoms with E-state index in [0.29, 0.717) is 0 Å². The van der Waals surface area contributed by atoms with E-state index in [0.717, 1.165) is 32.6 Å². The molecular weight excluding hydrogens is 238 g/mol. The first kappa shape index (κ1) is 14.5. The lowest BCUT2D eigenvalue weighted by molar-refractivity contribution is -0.161. The molecule has 1 fully saturated rings. The predicted molar refractivity (Wildman–Crippen MR) is 77.2 cm³/mol. The van der Waals surface area contributed by atoms with Gasteiger partial charge in [0.15, 0.2) is 0 Å². The molecule has 1 saturated heterocycles. The molecule has 19 heavy (non-hydrogen) atoms. The van der Waals surface area contributed by atoms with E-state index in [9.17, 15) is 0 Å². The Morgan fingerprint density at radius 3 is 2.53 bits per heavy atom. The van der Waals surface area contributed by atoms with E-state index in [2.05, 4.69) is 49.5 Å². The average molecular weight is 263 g/mol. The van der Waals surface area contributed by atoms with E-state index in [1.165, 1.54) is 5.56 Å². The average Bonchev–Trinajstić information content (AvgIpc) is 2.41. The quantitative estimate of drug-likeness (QED) is 0.782. The van der Waals surface area contributed by atoms with Crippen molar-refractivity contribution in [2.45, 2.75) is 44.9 Å².